The minimum Gasteiger partial charge on any atom is -0.477 e. The number of ether oxygens (including phenoxy) is 1. The lowest BCUT2D eigenvalue weighted by atomic mass is 10.0. The first-order chi connectivity index (χ1) is 11.2. The Morgan fingerprint density at radius 3 is 3.04 bits per heavy atom. The van der Waals surface area contributed by atoms with Crippen LogP contribution in [0.4, 0.5) is 5.69 Å². The van der Waals surface area contributed by atoms with Crippen LogP contribution >= 0.6 is 0 Å². The fraction of sp³-hybridized carbons (Fsp3) is 0.500. The molecule has 1 N–H and O–H groups in total. The zero-order chi connectivity index (χ0) is 16.1. The monoisotopic (exact) mass is 316 g/mol. The van der Waals surface area contributed by atoms with Gasteiger partial charge in [0.15, 0.2) is 0 Å². The molecule has 1 fully saturated rings. The van der Waals surface area contributed by atoms with Crippen LogP contribution < -0.4 is 10.1 Å². The second-order valence-corrected chi connectivity index (χ2v) is 5.78. The number of nitro groups is 1. The Bertz CT molecular complexity index is 686. The predicted molar refractivity (Wildman–Crippen MR) is 86.6 cm³/mol. The molecular weight excluding hydrogens is 296 g/mol. The second kappa shape index (κ2) is 7.32. The van der Waals surface area contributed by atoms with E-state index in [1.165, 1.54) is 37.6 Å². The van der Waals surface area contributed by atoms with Crippen molar-refractivity contribution in [2.45, 2.75) is 38.1 Å². The van der Waals surface area contributed by atoms with Crippen molar-refractivity contribution in [1.29, 1.82) is 0 Å². The molecule has 0 bridgehead atoms. The molecule has 1 aliphatic heterocycles. The maximum atomic E-state index is 10.7. The van der Waals surface area contributed by atoms with E-state index < -0.39 is 4.92 Å². The third-order valence-corrected chi connectivity index (χ3v) is 4.07. The van der Waals surface area contributed by atoms with E-state index in [1.54, 1.807) is 6.07 Å². The standard InChI is InChI=1S/C16H20N4O3/c21-20(22)13-6-7-14-15(10-13)18-11-16(19-14)23-9-3-5-12-4-1-2-8-17-12/h6-7,10-12,17H,1-5,8-9H2. The molecule has 1 saturated heterocycles. The van der Waals surface area contributed by atoms with Gasteiger partial charge in [0, 0.05) is 18.2 Å². The van der Waals surface area contributed by atoms with Gasteiger partial charge in [-0.1, -0.05) is 6.42 Å². The molecule has 3 rings (SSSR count). The molecule has 1 aromatic heterocycles. The third-order valence-electron chi connectivity index (χ3n) is 4.07. The van der Waals surface area contributed by atoms with Crippen molar-refractivity contribution < 1.29 is 9.66 Å². The summed E-state index contributed by atoms with van der Waals surface area (Å²) in [4.78, 5) is 18.8. The van der Waals surface area contributed by atoms with E-state index in [1.807, 2.05) is 0 Å². The van der Waals surface area contributed by atoms with Gasteiger partial charge >= 0.3 is 0 Å². The second-order valence-electron chi connectivity index (χ2n) is 5.78. The Morgan fingerprint density at radius 1 is 1.35 bits per heavy atom. The van der Waals surface area contributed by atoms with Crippen molar-refractivity contribution >= 4 is 16.7 Å². The van der Waals surface area contributed by atoms with E-state index in [9.17, 15) is 10.1 Å². The number of fused-ring (bicyclic) bond motifs is 1. The van der Waals surface area contributed by atoms with Gasteiger partial charge in [0.25, 0.3) is 5.69 Å². The van der Waals surface area contributed by atoms with E-state index >= 15 is 0 Å². The SMILES string of the molecule is O=[N+]([O-])c1ccc2nc(OCCCC3CCCCN3)cnc2c1. The van der Waals surface area contributed by atoms with E-state index in [-0.39, 0.29) is 5.69 Å². The molecule has 0 radical (unpaired) electrons. The smallest absolute Gasteiger partial charge is 0.271 e. The van der Waals surface area contributed by atoms with Crippen LogP contribution in [0.15, 0.2) is 24.4 Å². The molecule has 7 nitrogen and oxygen atoms in total. The van der Waals surface area contributed by atoms with E-state index in [4.69, 9.17) is 4.74 Å². The van der Waals surface area contributed by atoms with Gasteiger partial charge in [-0.25, -0.2) is 9.97 Å². The van der Waals surface area contributed by atoms with Gasteiger partial charge < -0.3 is 10.1 Å². The number of nitrogens with zero attached hydrogens (tertiary/aromatic N) is 3. The molecule has 0 saturated carbocycles. The predicted octanol–water partition coefficient (Wildman–Crippen LogP) is 2.84. The molecule has 0 spiro atoms. The van der Waals surface area contributed by atoms with Crippen LogP contribution in [0.3, 0.4) is 0 Å². The highest BCUT2D eigenvalue weighted by molar-refractivity contribution is 5.77. The number of piperidine rings is 1. The Kier molecular flexibility index (Phi) is 4.97. The van der Waals surface area contributed by atoms with Crippen LogP contribution in [0.2, 0.25) is 0 Å². The topological polar surface area (TPSA) is 90.2 Å². The minimum absolute atomic E-state index is 0.0143. The Labute approximate surface area is 134 Å². The maximum Gasteiger partial charge on any atom is 0.271 e. The number of nitro benzene ring substituents is 1. The van der Waals surface area contributed by atoms with E-state index in [0.29, 0.717) is 29.6 Å². The highest BCUT2D eigenvalue weighted by Crippen LogP contribution is 2.20. The molecule has 0 aliphatic carbocycles. The lowest BCUT2D eigenvalue weighted by molar-refractivity contribution is -0.384. The molecule has 0 amide bonds. The van der Waals surface area contributed by atoms with Crippen LogP contribution in [0.1, 0.15) is 32.1 Å². The molecule has 1 unspecified atom stereocenters. The number of hydrogen-bond acceptors (Lipinski definition) is 6. The summed E-state index contributed by atoms with van der Waals surface area (Å²) < 4.78 is 5.65. The molecule has 2 aromatic rings. The lowest BCUT2D eigenvalue weighted by Crippen LogP contribution is -2.34. The number of rotatable bonds is 6. The largest absolute Gasteiger partial charge is 0.477 e. The Hall–Kier alpha value is -2.28. The van der Waals surface area contributed by atoms with E-state index in [0.717, 1.165) is 19.4 Å². The number of aromatic nitrogens is 2. The summed E-state index contributed by atoms with van der Waals surface area (Å²) >= 11 is 0. The highest BCUT2D eigenvalue weighted by Gasteiger charge is 2.12. The van der Waals surface area contributed by atoms with Gasteiger partial charge in [-0.2, -0.15) is 0 Å². The van der Waals surface area contributed by atoms with Crippen molar-refractivity contribution in [2.24, 2.45) is 0 Å². The van der Waals surface area contributed by atoms with Crippen LogP contribution in [0, 0.1) is 10.1 Å². The van der Waals surface area contributed by atoms with E-state index in [2.05, 4.69) is 15.3 Å². The first kappa shape index (κ1) is 15.6. The van der Waals surface area contributed by atoms with Crippen molar-refractivity contribution in [1.82, 2.24) is 15.3 Å². The van der Waals surface area contributed by atoms with Crippen LogP contribution in [0.25, 0.3) is 11.0 Å². The minimum atomic E-state index is -0.440. The van der Waals surface area contributed by atoms with Gasteiger partial charge in [-0.05, 0) is 38.3 Å². The average Bonchev–Trinajstić information content (AvgIpc) is 2.59. The van der Waals surface area contributed by atoms with Crippen LogP contribution in [0.5, 0.6) is 5.88 Å². The average molecular weight is 316 g/mol. The number of nitrogens with one attached hydrogen (secondary N) is 1. The van der Waals surface area contributed by atoms with Gasteiger partial charge in [-0.3, -0.25) is 10.1 Å². The summed E-state index contributed by atoms with van der Waals surface area (Å²) in [6.07, 6.45) is 7.42. The summed E-state index contributed by atoms with van der Waals surface area (Å²) in [5.41, 5.74) is 1.11. The molecule has 1 aromatic carbocycles. The zero-order valence-electron chi connectivity index (χ0n) is 12.9. The first-order valence-corrected chi connectivity index (χ1v) is 8.00. The van der Waals surface area contributed by atoms with Crippen LogP contribution in [-0.2, 0) is 0 Å². The number of benzene rings is 1. The Balaban J connectivity index is 1.53. The first-order valence-electron chi connectivity index (χ1n) is 8.00. The van der Waals surface area contributed by atoms with Crippen molar-refractivity contribution in [3.63, 3.8) is 0 Å². The van der Waals surface area contributed by atoms with Gasteiger partial charge in [-0.15, -0.1) is 0 Å². The normalized spacial score (nSPS) is 18.0. The molecular formula is C16H20N4O3. The number of hydrogen-bond donors (Lipinski definition) is 1. The van der Waals surface area contributed by atoms with Crippen molar-refractivity contribution in [3.8, 4) is 5.88 Å². The fourth-order valence-corrected chi connectivity index (χ4v) is 2.84. The molecule has 2 heterocycles. The highest BCUT2D eigenvalue weighted by atomic mass is 16.6. The van der Waals surface area contributed by atoms with Crippen molar-refractivity contribution in [2.75, 3.05) is 13.2 Å². The Morgan fingerprint density at radius 2 is 2.26 bits per heavy atom. The molecule has 23 heavy (non-hydrogen) atoms. The quantitative estimate of drug-likeness (QED) is 0.500. The van der Waals surface area contributed by atoms with Gasteiger partial charge in [0.1, 0.15) is 0 Å². The molecule has 122 valence electrons. The van der Waals surface area contributed by atoms with Crippen molar-refractivity contribution in [3.05, 3.63) is 34.5 Å². The summed E-state index contributed by atoms with van der Waals surface area (Å²) in [6, 6.07) is 5.05. The number of non-ortho nitro benzene ring substituents is 1. The fourth-order valence-electron chi connectivity index (χ4n) is 2.84. The summed E-state index contributed by atoms with van der Waals surface area (Å²) in [7, 11) is 0. The maximum absolute atomic E-state index is 10.7. The third kappa shape index (κ3) is 4.13. The lowest BCUT2D eigenvalue weighted by Gasteiger charge is -2.23. The molecule has 1 aliphatic rings. The molecule has 1 atom stereocenters. The molecule has 7 heteroatoms. The van der Waals surface area contributed by atoms with Gasteiger partial charge in [0.2, 0.25) is 5.88 Å². The van der Waals surface area contributed by atoms with Gasteiger partial charge in [0.05, 0.1) is 28.8 Å². The zero-order valence-corrected chi connectivity index (χ0v) is 12.9. The van der Waals surface area contributed by atoms with Crippen LogP contribution in [-0.4, -0.2) is 34.1 Å². The summed E-state index contributed by atoms with van der Waals surface area (Å²) in [5, 5.41) is 14.3. The summed E-state index contributed by atoms with van der Waals surface area (Å²) in [5.74, 6) is 0.461. The summed E-state index contributed by atoms with van der Waals surface area (Å²) in [6.45, 7) is 1.72.